The van der Waals surface area contributed by atoms with Crippen LogP contribution in [0, 0.1) is 0 Å². The first-order valence-corrected chi connectivity index (χ1v) is 7.10. The van der Waals surface area contributed by atoms with Gasteiger partial charge in [-0.25, -0.2) is 0 Å². The molecule has 0 aliphatic carbocycles. The lowest BCUT2D eigenvalue weighted by Crippen LogP contribution is -2.13. The van der Waals surface area contributed by atoms with Gasteiger partial charge in [0.05, 0.1) is 52.9 Å². The second-order valence-electron chi connectivity index (χ2n) is 3.18. The van der Waals surface area contributed by atoms with E-state index in [1.165, 1.54) is 0 Å². The van der Waals surface area contributed by atoms with Crippen molar-refractivity contribution in [3.63, 3.8) is 0 Å². The van der Waals surface area contributed by atoms with Crippen LogP contribution >= 0.6 is 0 Å². The Morgan fingerprint density at radius 1 is 0.706 bits per heavy atom. The van der Waals surface area contributed by atoms with Gasteiger partial charge in [0.1, 0.15) is 0 Å². The molecule has 102 valence electrons. The van der Waals surface area contributed by atoms with E-state index in [1.54, 1.807) is 7.11 Å². The van der Waals surface area contributed by atoms with Gasteiger partial charge in [-0.15, -0.1) is 0 Å². The fraction of sp³-hybridized carbons (Fsp3) is 1.00. The van der Waals surface area contributed by atoms with Crippen molar-refractivity contribution in [2.45, 2.75) is 13.0 Å². The van der Waals surface area contributed by atoms with E-state index in [4.69, 9.17) is 23.4 Å². The molecule has 0 aliphatic heterocycles. The van der Waals surface area contributed by atoms with Crippen molar-refractivity contribution in [3.05, 3.63) is 0 Å². The molecule has 2 radical (unpaired) electrons. The van der Waals surface area contributed by atoms with Gasteiger partial charge in [0.25, 0.3) is 0 Å². The van der Waals surface area contributed by atoms with E-state index >= 15 is 0 Å². The first-order chi connectivity index (χ1) is 8.41. The summed E-state index contributed by atoms with van der Waals surface area (Å²) in [6.07, 6.45) is 0. The topological polar surface area (TPSA) is 46.2 Å². The summed E-state index contributed by atoms with van der Waals surface area (Å²) < 4.78 is 26.0. The molecule has 0 aromatic heterocycles. The van der Waals surface area contributed by atoms with Crippen molar-refractivity contribution < 1.29 is 23.4 Å². The minimum atomic E-state index is 0.589. The van der Waals surface area contributed by atoms with Crippen LogP contribution < -0.4 is 0 Å². The molecule has 0 rings (SSSR count). The van der Waals surface area contributed by atoms with Crippen LogP contribution in [-0.2, 0) is 23.4 Å². The zero-order chi connectivity index (χ0) is 12.6. The highest BCUT2D eigenvalue weighted by atomic mass is 28.2. The maximum absolute atomic E-state index is 5.32. The molecule has 0 aliphatic rings. The van der Waals surface area contributed by atoms with Crippen LogP contribution in [-0.4, -0.2) is 69.7 Å². The van der Waals surface area contributed by atoms with Gasteiger partial charge >= 0.3 is 0 Å². The first kappa shape index (κ1) is 17.0. The Labute approximate surface area is 107 Å². The molecule has 0 N–H and O–H groups in total. The monoisotopic (exact) mass is 264 g/mol. The van der Waals surface area contributed by atoms with Crippen molar-refractivity contribution in [3.8, 4) is 0 Å². The highest BCUT2D eigenvalue weighted by Gasteiger charge is 1.92. The largest absolute Gasteiger partial charge is 0.415 e. The quantitative estimate of drug-likeness (QED) is 0.342. The molecule has 0 bridgehead atoms. The molecular weight excluding hydrogens is 240 g/mol. The minimum absolute atomic E-state index is 0.589. The Kier molecular flexibility index (Phi) is 16.0. The molecule has 0 saturated carbocycles. The van der Waals surface area contributed by atoms with Gasteiger partial charge in [0, 0.05) is 7.11 Å². The molecular formula is C11H24O5Si. The Hall–Kier alpha value is 0.0169. The molecule has 0 fully saturated rings. The molecule has 0 spiro atoms. The number of methoxy groups -OCH3 is 1. The number of hydrogen-bond donors (Lipinski definition) is 0. The number of ether oxygens (including phenoxy) is 4. The van der Waals surface area contributed by atoms with E-state index in [0.29, 0.717) is 62.6 Å². The van der Waals surface area contributed by atoms with Gasteiger partial charge in [-0.2, -0.15) is 0 Å². The van der Waals surface area contributed by atoms with Gasteiger partial charge in [0.2, 0.25) is 9.76 Å². The number of hydrogen-bond acceptors (Lipinski definition) is 5. The Morgan fingerprint density at radius 2 is 1.18 bits per heavy atom. The summed E-state index contributed by atoms with van der Waals surface area (Å²) in [4.78, 5) is 0. The van der Waals surface area contributed by atoms with Crippen LogP contribution in [0.15, 0.2) is 0 Å². The molecule has 0 atom stereocenters. The molecule has 0 heterocycles. The third-order valence-corrected chi connectivity index (χ3v) is 2.45. The van der Waals surface area contributed by atoms with E-state index in [2.05, 4.69) is 6.92 Å². The fourth-order valence-electron chi connectivity index (χ4n) is 0.959. The molecule has 0 aromatic carbocycles. The van der Waals surface area contributed by atoms with Crippen LogP contribution in [0.25, 0.3) is 0 Å². The van der Waals surface area contributed by atoms with E-state index in [0.717, 1.165) is 6.04 Å². The minimum Gasteiger partial charge on any atom is -0.415 e. The fourth-order valence-corrected chi connectivity index (χ4v) is 1.39. The molecule has 0 amide bonds. The predicted octanol–water partition coefficient (Wildman–Crippen LogP) is 0.757. The van der Waals surface area contributed by atoms with Crippen molar-refractivity contribution in [1.82, 2.24) is 0 Å². The molecule has 0 aromatic rings. The van der Waals surface area contributed by atoms with Crippen molar-refractivity contribution in [2.24, 2.45) is 0 Å². The lowest BCUT2D eigenvalue weighted by atomic mass is 10.7. The van der Waals surface area contributed by atoms with E-state index < -0.39 is 0 Å². The average Bonchev–Trinajstić information content (AvgIpc) is 2.35. The normalized spacial score (nSPS) is 10.9. The molecule has 0 saturated heterocycles. The standard InChI is InChI=1S/C11H24O5Si/c1-3-17-16-11-10-15-9-8-14-7-6-13-5-4-12-2/h3-11H2,1-2H3. The van der Waals surface area contributed by atoms with Crippen LogP contribution in [0.2, 0.25) is 6.04 Å². The number of rotatable bonds is 14. The summed E-state index contributed by atoms with van der Waals surface area (Å²) in [6.45, 7) is 7.06. The summed E-state index contributed by atoms with van der Waals surface area (Å²) in [5.41, 5.74) is 0. The lowest BCUT2D eigenvalue weighted by Gasteiger charge is -2.06. The van der Waals surface area contributed by atoms with E-state index in [9.17, 15) is 0 Å². The van der Waals surface area contributed by atoms with Crippen molar-refractivity contribution in [1.29, 1.82) is 0 Å². The second kappa shape index (κ2) is 16.0. The summed E-state index contributed by atoms with van der Waals surface area (Å²) in [5, 5.41) is 0. The molecule has 6 heteroatoms. The SMILES string of the molecule is CC[Si]OCCOCCOCCOCCOC. The maximum atomic E-state index is 5.32. The summed E-state index contributed by atoms with van der Waals surface area (Å²) in [5.74, 6) is 0. The van der Waals surface area contributed by atoms with Crippen molar-refractivity contribution in [2.75, 3.05) is 60.0 Å². The average molecular weight is 264 g/mol. The zero-order valence-corrected chi connectivity index (χ0v) is 11.9. The third kappa shape index (κ3) is 16.0. The Morgan fingerprint density at radius 3 is 1.65 bits per heavy atom. The van der Waals surface area contributed by atoms with E-state index in [1.807, 2.05) is 0 Å². The van der Waals surface area contributed by atoms with Gasteiger partial charge in [-0.05, 0) is 6.04 Å². The van der Waals surface area contributed by atoms with Gasteiger partial charge < -0.3 is 23.4 Å². The second-order valence-corrected chi connectivity index (χ2v) is 4.46. The Bertz CT molecular complexity index is 123. The van der Waals surface area contributed by atoms with Crippen molar-refractivity contribution >= 4 is 9.76 Å². The Balaban J connectivity index is 2.85. The summed E-state index contributed by atoms with van der Waals surface area (Å²) >= 11 is 0. The molecule has 5 nitrogen and oxygen atoms in total. The van der Waals surface area contributed by atoms with Gasteiger partial charge in [0.15, 0.2) is 0 Å². The smallest absolute Gasteiger partial charge is 0.229 e. The van der Waals surface area contributed by atoms with E-state index in [-0.39, 0.29) is 0 Å². The third-order valence-electron chi connectivity index (χ3n) is 1.75. The highest BCUT2D eigenvalue weighted by Crippen LogP contribution is 1.83. The molecule has 0 unspecified atom stereocenters. The summed E-state index contributed by atoms with van der Waals surface area (Å²) in [7, 11) is 2.24. The lowest BCUT2D eigenvalue weighted by molar-refractivity contribution is 0.000257. The molecule has 17 heavy (non-hydrogen) atoms. The van der Waals surface area contributed by atoms with Crippen LogP contribution in [0.4, 0.5) is 0 Å². The van der Waals surface area contributed by atoms with Crippen LogP contribution in [0.3, 0.4) is 0 Å². The first-order valence-electron chi connectivity index (χ1n) is 5.98. The predicted molar refractivity (Wildman–Crippen MR) is 66.5 cm³/mol. The van der Waals surface area contributed by atoms with Gasteiger partial charge in [-0.3, -0.25) is 0 Å². The van der Waals surface area contributed by atoms with Crippen LogP contribution in [0.1, 0.15) is 6.92 Å². The maximum Gasteiger partial charge on any atom is 0.229 e. The zero-order valence-electron chi connectivity index (χ0n) is 10.9. The summed E-state index contributed by atoms with van der Waals surface area (Å²) in [6, 6.07) is 1.08. The van der Waals surface area contributed by atoms with Gasteiger partial charge in [-0.1, -0.05) is 6.92 Å². The van der Waals surface area contributed by atoms with Crippen LogP contribution in [0.5, 0.6) is 0 Å². The highest BCUT2D eigenvalue weighted by molar-refractivity contribution is 6.26.